The number of benzene rings is 2. The second kappa shape index (κ2) is 5.32. The van der Waals surface area contributed by atoms with E-state index in [2.05, 4.69) is 51.2 Å². The van der Waals surface area contributed by atoms with E-state index in [1.165, 1.54) is 10.9 Å². The lowest BCUT2D eigenvalue weighted by Crippen LogP contribution is -2.38. The van der Waals surface area contributed by atoms with Crippen LogP contribution in [0.5, 0.6) is 0 Å². The van der Waals surface area contributed by atoms with Crippen LogP contribution in [0, 0.1) is 6.92 Å². The fourth-order valence-electron chi connectivity index (χ4n) is 2.28. The third kappa shape index (κ3) is 3.34. The van der Waals surface area contributed by atoms with E-state index >= 15 is 0 Å². The molecular formula is C17H23NO. The minimum absolute atomic E-state index is 0.0154. The summed E-state index contributed by atoms with van der Waals surface area (Å²) in [4.78, 5) is 0. The number of aliphatic hydroxyl groups is 1. The van der Waals surface area contributed by atoms with Gasteiger partial charge < -0.3 is 10.4 Å². The number of nitrogens with one attached hydrogen (secondary N) is 1. The van der Waals surface area contributed by atoms with Crippen molar-refractivity contribution in [1.82, 2.24) is 5.32 Å². The molecule has 0 radical (unpaired) electrons. The molecule has 0 saturated carbocycles. The Bertz CT molecular complexity index is 569. The highest BCUT2D eigenvalue weighted by Gasteiger charge is 2.15. The number of hydrogen-bond acceptors (Lipinski definition) is 2. The third-order valence-corrected chi connectivity index (χ3v) is 3.36. The first-order valence-corrected chi connectivity index (χ1v) is 6.80. The minimum Gasteiger partial charge on any atom is -0.387 e. The lowest BCUT2D eigenvalue weighted by Gasteiger charge is -2.23. The second-order valence-electron chi connectivity index (χ2n) is 6.16. The molecular weight excluding hydrogens is 234 g/mol. The minimum atomic E-state index is -0.482. The van der Waals surface area contributed by atoms with Gasteiger partial charge in [-0.15, -0.1) is 0 Å². The zero-order chi connectivity index (χ0) is 14.0. The van der Waals surface area contributed by atoms with Crippen LogP contribution in [0.15, 0.2) is 36.4 Å². The zero-order valence-corrected chi connectivity index (χ0v) is 12.2. The first-order valence-electron chi connectivity index (χ1n) is 6.80. The van der Waals surface area contributed by atoms with Gasteiger partial charge in [-0.1, -0.05) is 36.4 Å². The quantitative estimate of drug-likeness (QED) is 0.881. The Labute approximate surface area is 115 Å². The Hall–Kier alpha value is -1.38. The van der Waals surface area contributed by atoms with Crippen LogP contribution in [0.25, 0.3) is 10.8 Å². The van der Waals surface area contributed by atoms with Crippen LogP contribution < -0.4 is 5.32 Å². The van der Waals surface area contributed by atoms with E-state index in [0.717, 1.165) is 10.9 Å². The summed E-state index contributed by atoms with van der Waals surface area (Å²) in [7, 11) is 0. The van der Waals surface area contributed by atoms with E-state index in [1.54, 1.807) is 0 Å². The summed E-state index contributed by atoms with van der Waals surface area (Å²) < 4.78 is 0. The van der Waals surface area contributed by atoms with Gasteiger partial charge in [-0.25, -0.2) is 0 Å². The molecule has 2 nitrogen and oxygen atoms in total. The standard InChI is InChI=1S/C17H23NO/c1-12-9-10-15(14-8-6-5-7-13(12)14)16(19)11-18-17(2,3)4/h5-10,16,18-19H,11H2,1-4H3/t16-/m0/s1. The van der Waals surface area contributed by atoms with Crippen LogP contribution >= 0.6 is 0 Å². The summed E-state index contributed by atoms with van der Waals surface area (Å²) in [6.07, 6.45) is -0.482. The average molecular weight is 257 g/mol. The van der Waals surface area contributed by atoms with Crippen molar-refractivity contribution in [3.63, 3.8) is 0 Å². The lowest BCUT2D eigenvalue weighted by atomic mass is 9.96. The molecule has 2 rings (SSSR count). The van der Waals surface area contributed by atoms with Crippen LogP contribution in [0.2, 0.25) is 0 Å². The molecule has 0 aliphatic rings. The molecule has 0 aromatic heterocycles. The fourth-order valence-corrected chi connectivity index (χ4v) is 2.28. The molecule has 0 bridgehead atoms. The number of hydrogen-bond donors (Lipinski definition) is 2. The topological polar surface area (TPSA) is 32.3 Å². The van der Waals surface area contributed by atoms with Gasteiger partial charge >= 0.3 is 0 Å². The molecule has 0 saturated heterocycles. The van der Waals surface area contributed by atoms with Gasteiger partial charge in [0.1, 0.15) is 0 Å². The van der Waals surface area contributed by atoms with Crippen molar-refractivity contribution in [2.75, 3.05) is 6.54 Å². The second-order valence-corrected chi connectivity index (χ2v) is 6.16. The molecule has 0 aliphatic heterocycles. The molecule has 2 N–H and O–H groups in total. The first kappa shape index (κ1) is 14.0. The van der Waals surface area contributed by atoms with E-state index in [-0.39, 0.29) is 5.54 Å². The van der Waals surface area contributed by atoms with Gasteiger partial charge in [-0.3, -0.25) is 0 Å². The maximum atomic E-state index is 10.4. The highest BCUT2D eigenvalue weighted by Crippen LogP contribution is 2.26. The number of rotatable bonds is 3. The van der Waals surface area contributed by atoms with Crippen LogP contribution in [-0.4, -0.2) is 17.2 Å². The van der Waals surface area contributed by atoms with Gasteiger partial charge in [0, 0.05) is 12.1 Å². The van der Waals surface area contributed by atoms with Crippen molar-refractivity contribution >= 4 is 10.8 Å². The highest BCUT2D eigenvalue weighted by atomic mass is 16.3. The summed E-state index contributed by atoms with van der Waals surface area (Å²) in [6.45, 7) is 8.98. The molecule has 0 fully saturated rings. The lowest BCUT2D eigenvalue weighted by molar-refractivity contribution is 0.164. The van der Waals surface area contributed by atoms with E-state index in [0.29, 0.717) is 6.54 Å². The van der Waals surface area contributed by atoms with Crippen molar-refractivity contribution in [2.45, 2.75) is 39.3 Å². The number of aliphatic hydroxyl groups excluding tert-OH is 1. The summed E-state index contributed by atoms with van der Waals surface area (Å²) >= 11 is 0. The van der Waals surface area contributed by atoms with E-state index in [4.69, 9.17) is 0 Å². The van der Waals surface area contributed by atoms with Crippen LogP contribution in [0.1, 0.15) is 38.0 Å². The molecule has 2 aromatic rings. The van der Waals surface area contributed by atoms with Crippen LogP contribution in [-0.2, 0) is 0 Å². The molecule has 0 amide bonds. The molecule has 19 heavy (non-hydrogen) atoms. The van der Waals surface area contributed by atoms with Gasteiger partial charge in [0.15, 0.2) is 0 Å². The smallest absolute Gasteiger partial charge is 0.0920 e. The van der Waals surface area contributed by atoms with Gasteiger partial charge in [0.05, 0.1) is 6.10 Å². The summed E-state index contributed by atoms with van der Waals surface area (Å²) in [5.41, 5.74) is 2.26. The Morgan fingerprint density at radius 1 is 1.05 bits per heavy atom. The van der Waals surface area contributed by atoms with Gasteiger partial charge in [-0.05, 0) is 49.6 Å². The highest BCUT2D eigenvalue weighted by molar-refractivity contribution is 5.88. The normalized spacial score (nSPS) is 13.7. The number of aryl methyl sites for hydroxylation is 1. The van der Waals surface area contributed by atoms with Crippen molar-refractivity contribution in [3.8, 4) is 0 Å². The Morgan fingerprint density at radius 2 is 1.68 bits per heavy atom. The summed E-state index contributed by atoms with van der Waals surface area (Å²) in [6, 6.07) is 12.4. The van der Waals surface area contributed by atoms with E-state index in [9.17, 15) is 5.11 Å². The Morgan fingerprint density at radius 3 is 2.32 bits per heavy atom. The van der Waals surface area contributed by atoms with Crippen molar-refractivity contribution in [3.05, 3.63) is 47.5 Å². The summed E-state index contributed by atoms with van der Waals surface area (Å²) in [5, 5.41) is 16.1. The van der Waals surface area contributed by atoms with Gasteiger partial charge in [0.25, 0.3) is 0 Å². The largest absolute Gasteiger partial charge is 0.387 e. The monoisotopic (exact) mass is 257 g/mol. The molecule has 102 valence electrons. The fraction of sp³-hybridized carbons (Fsp3) is 0.412. The average Bonchev–Trinajstić information content (AvgIpc) is 2.36. The van der Waals surface area contributed by atoms with Crippen molar-refractivity contribution in [1.29, 1.82) is 0 Å². The molecule has 2 aromatic carbocycles. The maximum Gasteiger partial charge on any atom is 0.0920 e. The SMILES string of the molecule is Cc1ccc([C@@H](O)CNC(C)(C)C)c2ccccc12. The Balaban J connectivity index is 2.32. The van der Waals surface area contributed by atoms with Gasteiger partial charge in [-0.2, -0.15) is 0 Å². The molecule has 1 atom stereocenters. The van der Waals surface area contributed by atoms with Crippen LogP contribution in [0.3, 0.4) is 0 Å². The summed E-state index contributed by atoms with van der Waals surface area (Å²) in [5.74, 6) is 0. The first-order chi connectivity index (χ1) is 8.88. The van der Waals surface area contributed by atoms with E-state index in [1.807, 2.05) is 18.2 Å². The molecule has 0 aliphatic carbocycles. The Kier molecular flexibility index (Phi) is 3.93. The molecule has 0 heterocycles. The third-order valence-electron chi connectivity index (χ3n) is 3.36. The predicted molar refractivity (Wildman–Crippen MR) is 81.4 cm³/mol. The van der Waals surface area contributed by atoms with Crippen molar-refractivity contribution < 1.29 is 5.11 Å². The van der Waals surface area contributed by atoms with Gasteiger partial charge in [0.2, 0.25) is 0 Å². The number of fused-ring (bicyclic) bond motifs is 1. The molecule has 0 spiro atoms. The maximum absolute atomic E-state index is 10.4. The predicted octanol–water partition coefficient (Wildman–Crippen LogP) is 3.57. The molecule has 0 unspecified atom stereocenters. The molecule has 2 heteroatoms. The zero-order valence-electron chi connectivity index (χ0n) is 12.2. The van der Waals surface area contributed by atoms with Crippen molar-refractivity contribution in [2.24, 2.45) is 0 Å². The van der Waals surface area contributed by atoms with E-state index < -0.39 is 6.10 Å². The van der Waals surface area contributed by atoms with Crippen LogP contribution in [0.4, 0.5) is 0 Å². The number of β-amino-alcohol motifs (C(OH)–C–C–N with tert-alkyl or cyclic N) is 1.